The largest absolute Gasteiger partial charge is 0.481 e. The molecule has 0 unspecified atom stereocenters. The van der Waals surface area contributed by atoms with Crippen LogP contribution in [0.15, 0.2) is 59.4 Å². The molecule has 1 atom stereocenters. The molecule has 3 N–H and O–H groups in total. The standard InChI is InChI=1S/C20H15F4N3O4/c21-11-4-3-5-12(8-11)27-17(28)9-16(26-27)19(31)25-15(10-18(29)30)13-6-1-2-7-14(13)20(22,23)24/h1-9,15,26H,10H2,(H,25,31)(H,29,30)/t15-/m0/s1. The molecular formula is C20H15F4N3O4. The van der Waals surface area contributed by atoms with Crippen molar-refractivity contribution in [2.24, 2.45) is 0 Å². The lowest BCUT2D eigenvalue weighted by molar-refractivity contribution is -0.140. The van der Waals surface area contributed by atoms with Gasteiger partial charge in [-0.2, -0.15) is 13.2 Å². The summed E-state index contributed by atoms with van der Waals surface area (Å²) in [6.07, 6.45) is -5.60. The fraction of sp³-hybridized carbons (Fsp3) is 0.150. The Morgan fingerprint density at radius 2 is 1.81 bits per heavy atom. The average molecular weight is 437 g/mol. The van der Waals surface area contributed by atoms with Gasteiger partial charge in [0.2, 0.25) is 0 Å². The quantitative estimate of drug-likeness (QED) is 0.515. The van der Waals surface area contributed by atoms with Gasteiger partial charge in [-0.3, -0.25) is 19.5 Å². The van der Waals surface area contributed by atoms with Crippen molar-refractivity contribution in [1.29, 1.82) is 0 Å². The van der Waals surface area contributed by atoms with Gasteiger partial charge >= 0.3 is 12.1 Å². The number of carbonyl (C=O) groups is 2. The molecule has 0 spiro atoms. The number of aliphatic carboxylic acids is 1. The molecule has 3 aromatic rings. The van der Waals surface area contributed by atoms with Crippen LogP contribution in [0.4, 0.5) is 17.6 Å². The fourth-order valence-corrected chi connectivity index (χ4v) is 3.03. The van der Waals surface area contributed by atoms with Crippen molar-refractivity contribution in [3.63, 3.8) is 0 Å². The van der Waals surface area contributed by atoms with Gasteiger partial charge in [-0.25, -0.2) is 9.07 Å². The van der Waals surface area contributed by atoms with E-state index in [1.807, 2.05) is 0 Å². The third kappa shape index (κ3) is 5.00. The van der Waals surface area contributed by atoms with Crippen molar-refractivity contribution >= 4 is 11.9 Å². The number of H-pyrrole nitrogens is 1. The molecule has 7 nitrogen and oxygen atoms in total. The van der Waals surface area contributed by atoms with Crippen molar-refractivity contribution in [3.05, 3.63) is 87.6 Å². The van der Waals surface area contributed by atoms with Crippen LogP contribution in [0.25, 0.3) is 5.69 Å². The van der Waals surface area contributed by atoms with Crippen LogP contribution in [0.1, 0.15) is 34.1 Å². The second-order valence-corrected chi connectivity index (χ2v) is 6.53. The second-order valence-electron chi connectivity index (χ2n) is 6.53. The summed E-state index contributed by atoms with van der Waals surface area (Å²) in [5, 5.41) is 13.8. The van der Waals surface area contributed by atoms with E-state index >= 15 is 0 Å². The topological polar surface area (TPSA) is 104 Å². The zero-order valence-corrected chi connectivity index (χ0v) is 15.6. The van der Waals surface area contributed by atoms with Crippen LogP contribution in [0.3, 0.4) is 0 Å². The number of alkyl halides is 3. The minimum atomic E-state index is -4.77. The van der Waals surface area contributed by atoms with Gasteiger partial charge in [0.05, 0.1) is 23.7 Å². The third-order valence-corrected chi connectivity index (χ3v) is 4.36. The number of nitrogens with zero attached hydrogens (tertiary/aromatic N) is 1. The molecule has 2 aromatic carbocycles. The molecule has 162 valence electrons. The van der Waals surface area contributed by atoms with Crippen molar-refractivity contribution in [2.45, 2.75) is 18.6 Å². The zero-order valence-electron chi connectivity index (χ0n) is 15.6. The van der Waals surface area contributed by atoms with Gasteiger partial charge in [0, 0.05) is 6.07 Å². The van der Waals surface area contributed by atoms with E-state index in [1.54, 1.807) is 0 Å². The maximum atomic E-state index is 13.4. The number of rotatable bonds is 6. The first-order valence-electron chi connectivity index (χ1n) is 8.83. The van der Waals surface area contributed by atoms with Gasteiger partial charge in [0.1, 0.15) is 11.5 Å². The molecule has 11 heteroatoms. The Labute approximate surface area is 171 Å². The van der Waals surface area contributed by atoms with Gasteiger partial charge in [0.15, 0.2) is 0 Å². The molecule has 0 saturated heterocycles. The van der Waals surface area contributed by atoms with Crippen LogP contribution in [-0.4, -0.2) is 26.8 Å². The lowest BCUT2D eigenvalue weighted by Crippen LogP contribution is -2.32. The maximum absolute atomic E-state index is 13.4. The average Bonchev–Trinajstić information content (AvgIpc) is 3.08. The number of hydrogen-bond acceptors (Lipinski definition) is 3. The molecule has 0 aliphatic carbocycles. The predicted octanol–water partition coefficient (Wildman–Crippen LogP) is 3.27. The number of carboxylic acid groups (broad SMARTS) is 1. The number of carbonyl (C=O) groups excluding carboxylic acids is 1. The molecule has 0 aliphatic heterocycles. The van der Waals surface area contributed by atoms with Gasteiger partial charge in [0.25, 0.3) is 11.5 Å². The van der Waals surface area contributed by atoms with Crippen molar-refractivity contribution in [1.82, 2.24) is 15.1 Å². The van der Waals surface area contributed by atoms with E-state index in [1.165, 1.54) is 18.2 Å². The molecule has 1 heterocycles. The van der Waals surface area contributed by atoms with Crippen molar-refractivity contribution in [3.8, 4) is 5.69 Å². The molecule has 0 saturated carbocycles. The molecule has 0 aliphatic rings. The van der Waals surface area contributed by atoms with Gasteiger partial charge in [-0.15, -0.1) is 0 Å². The van der Waals surface area contributed by atoms with Gasteiger partial charge < -0.3 is 10.4 Å². The molecule has 31 heavy (non-hydrogen) atoms. The third-order valence-electron chi connectivity index (χ3n) is 4.36. The molecule has 0 bridgehead atoms. The number of aromatic amines is 1. The maximum Gasteiger partial charge on any atom is 0.416 e. The van der Waals surface area contributed by atoms with E-state index < -0.39 is 53.0 Å². The Hall–Kier alpha value is -3.89. The summed E-state index contributed by atoms with van der Waals surface area (Å²) < 4.78 is 54.3. The van der Waals surface area contributed by atoms with Gasteiger partial charge in [-0.1, -0.05) is 24.3 Å². The number of amides is 1. The minimum absolute atomic E-state index is 0.0913. The number of aromatic nitrogens is 2. The number of halogens is 4. The summed E-state index contributed by atoms with van der Waals surface area (Å²) in [6, 6.07) is 8.54. The Morgan fingerprint density at radius 3 is 2.45 bits per heavy atom. The second kappa shape index (κ2) is 8.46. The highest BCUT2D eigenvalue weighted by atomic mass is 19.4. The predicted molar refractivity (Wildman–Crippen MR) is 100 cm³/mol. The highest BCUT2D eigenvalue weighted by Gasteiger charge is 2.36. The zero-order chi connectivity index (χ0) is 22.8. The summed E-state index contributed by atoms with van der Waals surface area (Å²) in [4.78, 5) is 36.0. The Morgan fingerprint density at radius 1 is 1.10 bits per heavy atom. The number of nitrogens with one attached hydrogen (secondary N) is 2. The highest BCUT2D eigenvalue weighted by Crippen LogP contribution is 2.35. The van der Waals surface area contributed by atoms with Crippen LogP contribution in [0.5, 0.6) is 0 Å². The minimum Gasteiger partial charge on any atom is -0.481 e. The summed E-state index contributed by atoms with van der Waals surface area (Å²) in [6.45, 7) is 0. The van der Waals surface area contributed by atoms with E-state index in [2.05, 4.69) is 10.4 Å². The summed E-state index contributed by atoms with van der Waals surface area (Å²) in [5.74, 6) is -3.07. The van der Waals surface area contributed by atoms with Crippen LogP contribution in [0, 0.1) is 5.82 Å². The molecule has 3 rings (SSSR count). The van der Waals surface area contributed by atoms with Crippen molar-refractivity contribution in [2.75, 3.05) is 0 Å². The number of carboxylic acids is 1. The number of hydrogen-bond donors (Lipinski definition) is 3. The Balaban J connectivity index is 1.94. The lowest BCUT2D eigenvalue weighted by atomic mass is 9.97. The van der Waals surface area contributed by atoms with E-state index in [9.17, 15) is 31.9 Å². The molecule has 1 aromatic heterocycles. The van der Waals surface area contributed by atoms with Crippen LogP contribution in [0.2, 0.25) is 0 Å². The van der Waals surface area contributed by atoms with E-state index in [0.717, 1.165) is 41.1 Å². The van der Waals surface area contributed by atoms with E-state index in [-0.39, 0.29) is 11.4 Å². The van der Waals surface area contributed by atoms with Crippen molar-refractivity contribution < 1.29 is 32.3 Å². The first-order valence-corrected chi connectivity index (χ1v) is 8.83. The monoisotopic (exact) mass is 437 g/mol. The Kier molecular flexibility index (Phi) is 5.95. The summed E-state index contributed by atoms with van der Waals surface area (Å²) in [5.41, 5.74) is -2.49. The molecular weight excluding hydrogens is 422 g/mol. The molecule has 0 radical (unpaired) electrons. The van der Waals surface area contributed by atoms with E-state index in [4.69, 9.17) is 5.11 Å². The lowest BCUT2D eigenvalue weighted by Gasteiger charge is -2.21. The smallest absolute Gasteiger partial charge is 0.416 e. The first kappa shape index (κ1) is 21.8. The normalized spacial score (nSPS) is 12.4. The first-order chi connectivity index (χ1) is 14.6. The summed E-state index contributed by atoms with van der Waals surface area (Å²) in [7, 11) is 0. The molecule has 1 amide bonds. The summed E-state index contributed by atoms with van der Waals surface area (Å²) >= 11 is 0. The molecule has 0 fully saturated rings. The Bertz CT molecular complexity index is 1180. The SMILES string of the molecule is O=C(O)C[C@H](NC(=O)c1cc(=O)n(-c2cccc(F)c2)[nH]1)c1ccccc1C(F)(F)F. The van der Waals surface area contributed by atoms with Crippen LogP contribution >= 0.6 is 0 Å². The highest BCUT2D eigenvalue weighted by molar-refractivity contribution is 5.92. The van der Waals surface area contributed by atoms with Crippen LogP contribution in [-0.2, 0) is 11.0 Å². The van der Waals surface area contributed by atoms with Crippen LogP contribution < -0.4 is 10.9 Å². The number of benzene rings is 2. The fourth-order valence-electron chi connectivity index (χ4n) is 3.03. The van der Waals surface area contributed by atoms with E-state index in [0.29, 0.717) is 0 Å². The van der Waals surface area contributed by atoms with Gasteiger partial charge in [-0.05, 0) is 29.8 Å².